The Labute approximate surface area is 111 Å². The SMILES string of the molecule is CCCc1ccc(CC(C)c2ccccc2)cc1. The normalized spacial score (nSPS) is 12.3. The van der Waals surface area contributed by atoms with E-state index < -0.39 is 0 Å². The van der Waals surface area contributed by atoms with Crippen LogP contribution in [0.3, 0.4) is 0 Å². The molecule has 94 valence electrons. The van der Waals surface area contributed by atoms with Crippen LogP contribution >= 0.6 is 0 Å². The molecule has 2 aromatic carbocycles. The van der Waals surface area contributed by atoms with Crippen molar-refractivity contribution in [2.24, 2.45) is 0 Å². The lowest BCUT2D eigenvalue weighted by Gasteiger charge is -2.12. The Bertz CT molecular complexity index is 453. The van der Waals surface area contributed by atoms with Gasteiger partial charge in [0.25, 0.3) is 0 Å². The number of aryl methyl sites for hydroxylation is 1. The first-order valence-electron chi connectivity index (χ1n) is 6.92. The second kappa shape index (κ2) is 6.39. The summed E-state index contributed by atoms with van der Waals surface area (Å²) in [5.41, 5.74) is 4.31. The van der Waals surface area contributed by atoms with Crippen LogP contribution in [-0.2, 0) is 12.8 Å². The zero-order valence-electron chi connectivity index (χ0n) is 11.4. The van der Waals surface area contributed by atoms with Crippen LogP contribution in [0.4, 0.5) is 0 Å². The minimum absolute atomic E-state index is 0.586. The second-order valence-corrected chi connectivity index (χ2v) is 5.08. The van der Waals surface area contributed by atoms with Crippen LogP contribution in [0.2, 0.25) is 0 Å². The molecule has 0 aliphatic heterocycles. The third kappa shape index (κ3) is 3.46. The van der Waals surface area contributed by atoms with Crippen molar-refractivity contribution in [3.8, 4) is 0 Å². The Kier molecular flexibility index (Phi) is 4.58. The zero-order chi connectivity index (χ0) is 12.8. The summed E-state index contributed by atoms with van der Waals surface area (Å²) in [7, 11) is 0. The van der Waals surface area contributed by atoms with Gasteiger partial charge >= 0.3 is 0 Å². The fourth-order valence-corrected chi connectivity index (χ4v) is 2.38. The van der Waals surface area contributed by atoms with Crippen molar-refractivity contribution in [3.63, 3.8) is 0 Å². The molecule has 0 radical (unpaired) electrons. The Morgan fingerprint density at radius 1 is 0.833 bits per heavy atom. The Morgan fingerprint density at radius 2 is 1.44 bits per heavy atom. The minimum Gasteiger partial charge on any atom is -0.0651 e. The summed E-state index contributed by atoms with van der Waals surface area (Å²) in [6.07, 6.45) is 3.53. The van der Waals surface area contributed by atoms with Gasteiger partial charge in [0, 0.05) is 0 Å². The minimum atomic E-state index is 0.586. The quantitative estimate of drug-likeness (QED) is 0.688. The Morgan fingerprint density at radius 3 is 2.06 bits per heavy atom. The van der Waals surface area contributed by atoms with Gasteiger partial charge in [0.1, 0.15) is 0 Å². The molecule has 1 unspecified atom stereocenters. The van der Waals surface area contributed by atoms with Crippen LogP contribution < -0.4 is 0 Å². The fourth-order valence-electron chi connectivity index (χ4n) is 2.38. The average molecular weight is 238 g/mol. The zero-order valence-corrected chi connectivity index (χ0v) is 11.4. The molecule has 0 spiro atoms. The van der Waals surface area contributed by atoms with Crippen LogP contribution in [0.5, 0.6) is 0 Å². The van der Waals surface area contributed by atoms with E-state index in [0.29, 0.717) is 5.92 Å². The lowest BCUT2D eigenvalue weighted by Crippen LogP contribution is -1.98. The van der Waals surface area contributed by atoms with E-state index in [1.165, 1.54) is 29.5 Å². The maximum atomic E-state index is 2.30. The smallest absolute Gasteiger partial charge is 0.0150 e. The highest BCUT2D eigenvalue weighted by atomic mass is 14.1. The van der Waals surface area contributed by atoms with Crippen LogP contribution in [-0.4, -0.2) is 0 Å². The van der Waals surface area contributed by atoms with Crippen molar-refractivity contribution in [1.29, 1.82) is 0 Å². The Balaban J connectivity index is 2.01. The van der Waals surface area contributed by atoms with Crippen molar-refractivity contribution in [2.45, 2.75) is 39.0 Å². The number of rotatable bonds is 5. The average Bonchev–Trinajstić information content (AvgIpc) is 2.42. The van der Waals surface area contributed by atoms with Gasteiger partial charge in [-0.15, -0.1) is 0 Å². The second-order valence-electron chi connectivity index (χ2n) is 5.08. The number of benzene rings is 2. The van der Waals surface area contributed by atoms with E-state index in [4.69, 9.17) is 0 Å². The van der Waals surface area contributed by atoms with Gasteiger partial charge in [-0.2, -0.15) is 0 Å². The molecule has 0 nitrogen and oxygen atoms in total. The van der Waals surface area contributed by atoms with Crippen LogP contribution in [0.25, 0.3) is 0 Å². The van der Waals surface area contributed by atoms with Crippen molar-refractivity contribution < 1.29 is 0 Å². The summed E-state index contributed by atoms with van der Waals surface area (Å²) >= 11 is 0. The third-order valence-electron chi connectivity index (χ3n) is 3.47. The molecule has 0 heteroatoms. The van der Waals surface area contributed by atoms with Gasteiger partial charge < -0.3 is 0 Å². The molecule has 0 aromatic heterocycles. The van der Waals surface area contributed by atoms with E-state index in [9.17, 15) is 0 Å². The van der Waals surface area contributed by atoms with E-state index in [1.807, 2.05) is 0 Å². The van der Waals surface area contributed by atoms with Crippen LogP contribution in [0, 0.1) is 0 Å². The van der Waals surface area contributed by atoms with E-state index in [2.05, 4.69) is 68.4 Å². The monoisotopic (exact) mass is 238 g/mol. The molecule has 1 atom stereocenters. The molecule has 0 bridgehead atoms. The van der Waals surface area contributed by atoms with Gasteiger partial charge in [-0.1, -0.05) is 74.9 Å². The van der Waals surface area contributed by atoms with Crippen molar-refractivity contribution >= 4 is 0 Å². The van der Waals surface area contributed by atoms with Gasteiger partial charge in [0.15, 0.2) is 0 Å². The fraction of sp³-hybridized carbons (Fsp3) is 0.333. The number of hydrogen-bond acceptors (Lipinski definition) is 0. The van der Waals surface area contributed by atoms with Crippen LogP contribution in [0.15, 0.2) is 54.6 Å². The number of hydrogen-bond donors (Lipinski definition) is 0. The predicted molar refractivity (Wildman–Crippen MR) is 79.0 cm³/mol. The summed E-state index contributed by atoms with van der Waals surface area (Å²) in [5, 5.41) is 0. The van der Waals surface area contributed by atoms with E-state index in [0.717, 1.165) is 6.42 Å². The maximum Gasteiger partial charge on any atom is -0.0150 e. The molecule has 0 amide bonds. The molecule has 2 aromatic rings. The van der Waals surface area contributed by atoms with E-state index in [-0.39, 0.29) is 0 Å². The molecule has 18 heavy (non-hydrogen) atoms. The molecule has 0 N–H and O–H groups in total. The largest absolute Gasteiger partial charge is 0.0651 e. The third-order valence-corrected chi connectivity index (χ3v) is 3.47. The molecular formula is C18H22. The lowest BCUT2D eigenvalue weighted by molar-refractivity contribution is 0.758. The van der Waals surface area contributed by atoms with E-state index >= 15 is 0 Å². The van der Waals surface area contributed by atoms with Gasteiger partial charge in [-0.25, -0.2) is 0 Å². The highest BCUT2D eigenvalue weighted by molar-refractivity contribution is 5.26. The molecule has 0 heterocycles. The molecule has 0 aliphatic rings. The lowest BCUT2D eigenvalue weighted by atomic mass is 9.93. The van der Waals surface area contributed by atoms with E-state index in [1.54, 1.807) is 0 Å². The van der Waals surface area contributed by atoms with Crippen molar-refractivity contribution in [1.82, 2.24) is 0 Å². The molecule has 0 saturated carbocycles. The van der Waals surface area contributed by atoms with Gasteiger partial charge in [0.2, 0.25) is 0 Å². The predicted octanol–water partition coefficient (Wildman–Crippen LogP) is 4.99. The van der Waals surface area contributed by atoms with Gasteiger partial charge in [-0.05, 0) is 35.4 Å². The van der Waals surface area contributed by atoms with Gasteiger partial charge in [0.05, 0.1) is 0 Å². The first-order chi connectivity index (χ1) is 8.79. The molecular weight excluding hydrogens is 216 g/mol. The first-order valence-corrected chi connectivity index (χ1v) is 6.92. The summed E-state index contributed by atoms with van der Waals surface area (Å²) in [6, 6.07) is 19.9. The topological polar surface area (TPSA) is 0 Å². The summed E-state index contributed by atoms with van der Waals surface area (Å²) in [5.74, 6) is 0.586. The first kappa shape index (κ1) is 12.9. The highest BCUT2D eigenvalue weighted by Crippen LogP contribution is 2.20. The highest BCUT2D eigenvalue weighted by Gasteiger charge is 2.05. The summed E-state index contributed by atoms with van der Waals surface area (Å²) in [6.45, 7) is 4.53. The van der Waals surface area contributed by atoms with Crippen molar-refractivity contribution in [2.75, 3.05) is 0 Å². The molecule has 2 rings (SSSR count). The summed E-state index contributed by atoms with van der Waals surface area (Å²) < 4.78 is 0. The Hall–Kier alpha value is -1.56. The summed E-state index contributed by atoms with van der Waals surface area (Å²) in [4.78, 5) is 0. The molecule has 0 saturated heterocycles. The van der Waals surface area contributed by atoms with Crippen molar-refractivity contribution in [3.05, 3.63) is 71.3 Å². The molecule has 0 aliphatic carbocycles. The standard InChI is InChI=1S/C18H22/c1-3-7-16-10-12-17(13-11-16)14-15(2)18-8-5-4-6-9-18/h4-6,8-13,15H,3,7,14H2,1-2H3. The van der Waals surface area contributed by atoms with Gasteiger partial charge in [-0.3, -0.25) is 0 Å². The molecule has 0 fully saturated rings. The van der Waals surface area contributed by atoms with Crippen LogP contribution in [0.1, 0.15) is 42.9 Å². The maximum absolute atomic E-state index is 2.30.